The van der Waals surface area contributed by atoms with Gasteiger partial charge in [-0.15, -0.1) is 0 Å². The van der Waals surface area contributed by atoms with Crippen LogP contribution in [-0.4, -0.2) is 43.0 Å². The fraction of sp³-hybridized carbons (Fsp3) is 0.667. The summed E-state index contributed by atoms with van der Waals surface area (Å²) >= 11 is 6.15. The summed E-state index contributed by atoms with van der Waals surface area (Å²) in [4.78, 5) is 27.6. The average Bonchev–Trinajstić information content (AvgIpc) is 3.25. The Hall–Kier alpha value is -1.75. The summed E-state index contributed by atoms with van der Waals surface area (Å²) in [5, 5.41) is 3.66. The van der Waals surface area contributed by atoms with E-state index in [0.717, 1.165) is 25.7 Å². The van der Waals surface area contributed by atoms with Crippen LogP contribution in [0.1, 0.15) is 70.3 Å². The third kappa shape index (κ3) is 5.69. The number of ether oxygens (including phenoxy) is 1. The highest BCUT2D eigenvalue weighted by Gasteiger charge is 2.32. The molecule has 166 valence electrons. The van der Waals surface area contributed by atoms with E-state index in [-0.39, 0.29) is 17.7 Å². The lowest BCUT2D eigenvalue weighted by atomic mass is 9.88. The van der Waals surface area contributed by atoms with Gasteiger partial charge in [-0.1, -0.05) is 44.4 Å². The third-order valence-corrected chi connectivity index (χ3v) is 6.96. The van der Waals surface area contributed by atoms with Crippen molar-refractivity contribution in [2.75, 3.05) is 20.2 Å². The predicted octanol–water partition coefficient (Wildman–Crippen LogP) is 4.78. The van der Waals surface area contributed by atoms with E-state index in [0.29, 0.717) is 42.1 Å². The van der Waals surface area contributed by atoms with Gasteiger partial charge in [0.25, 0.3) is 0 Å². The minimum absolute atomic E-state index is 0.0251. The van der Waals surface area contributed by atoms with Crippen molar-refractivity contribution in [1.29, 1.82) is 0 Å². The Bertz CT molecular complexity index is 738. The molecule has 3 rings (SSSR count). The number of carbonyl (C=O) groups excluding carboxylic acids is 2. The molecule has 5 nitrogen and oxygen atoms in total. The van der Waals surface area contributed by atoms with Gasteiger partial charge < -0.3 is 15.0 Å². The molecule has 0 unspecified atom stereocenters. The molecule has 0 bridgehead atoms. The number of rotatable bonds is 7. The van der Waals surface area contributed by atoms with E-state index in [1.165, 1.54) is 18.4 Å². The lowest BCUT2D eigenvalue weighted by molar-refractivity contribution is -0.138. The van der Waals surface area contributed by atoms with Crippen LogP contribution in [0.15, 0.2) is 18.2 Å². The molecule has 1 saturated carbocycles. The Morgan fingerprint density at radius 3 is 2.43 bits per heavy atom. The zero-order valence-corrected chi connectivity index (χ0v) is 19.2. The molecule has 1 aliphatic carbocycles. The first-order chi connectivity index (χ1) is 14.4. The lowest BCUT2D eigenvalue weighted by Crippen LogP contribution is -2.53. The second-order valence-corrected chi connectivity index (χ2v) is 9.54. The number of likely N-dealkylation sites (tertiary alicyclic amines) is 1. The zero-order chi connectivity index (χ0) is 21.7. The predicted molar refractivity (Wildman–Crippen MR) is 120 cm³/mol. The minimum atomic E-state index is -0.439. The molecule has 2 amide bonds. The minimum Gasteiger partial charge on any atom is -0.495 e. The highest BCUT2D eigenvalue weighted by Crippen LogP contribution is 2.34. The monoisotopic (exact) mass is 434 g/mol. The Morgan fingerprint density at radius 1 is 1.17 bits per heavy atom. The van der Waals surface area contributed by atoms with Crippen molar-refractivity contribution in [3.05, 3.63) is 28.8 Å². The summed E-state index contributed by atoms with van der Waals surface area (Å²) in [7, 11) is 1.62. The smallest absolute Gasteiger partial charge is 0.245 e. The lowest BCUT2D eigenvalue weighted by Gasteiger charge is -2.35. The second kappa shape index (κ2) is 10.5. The topological polar surface area (TPSA) is 58.6 Å². The van der Waals surface area contributed by atoms with Crippen LogP contribution in [0.5, 0.6) is 5.75 Å². The first kappa shape index (κ1) is 22.9. The van der Waals surface area contributed by atoms with Crippen LogP contribution < -0.4 is 10.1 Å². The first-order valence-electron chi connectivity index (χ1n) is 11.3. The van der Waals surface area contributed by atoms with Crippen molar-refractivity contribution in [3.8, 4) is 5.75 Å². The van der Waals surface area contributed by atoms with Crippen LogP contribution in [0, 0.1) is 11.8 Å². The maximum absolute atomic E-state index is 13.2. The molecule has 1 saturated heterocycles. The Labute approximate surface area is 185 Å². The number of piperidine rings is 1. The van der Waals surface area contributed by atoms with E-state index < -0.39 is 6.04 Å². The number of halogens is 1. The summed E-state index contributed by atoms with van der Waals surface area (Å²) in [6.07, 6.45) is 7.07. The van der Waals surface area contributed by atoms with Crippen molar-refractivity contribution in [2.45, 2.75) is 70.8 Å². The molecule has 2 aliphatic rings. The van der Waals surface area contributed by atoms with E-state index in [9.17, 15) is 9.59 Å². The standard InChI is InChI=1S/C24H35ClN2O3/c1-16(2)23(26-22(28)14-17-6-4-5-7-17)24(29)27-12-10-18(11-13-27)19-8-9-20(25)21(15-19)30-3/h8-9,15-18,23H,4-7,10-14H2,1-3H3,(H,26,28)/t23-/m1/s1. The van der Waals surface area contributed by atoms with Crippen LogP contribution >= 0.6 is 11.6 Å². The molecule has 2 fully saturated rings. The quantitative estimate of drug-likeness (QED) is 0.672. The first-order valence-corrected chi connectivity index (χ1v) is 11.7. The van der Waals surface area contributed by atoms with Crippen LogP contribution in [0.25, 0.3) is 0 Å². The molecule has 1 atom stereocenters. The van der Waals surface area contributed by atoms with E-state index in [4.69, 9.17) is 16.3 Å². The largest absolute Gasteiger partial charge is 0.495 e. The van der Waals surface area contributed by atoms with Crippen LogP contribution in [0.3, 0.4) is 0 Å². The Kier molecular flexibility index (Phi) is 8.04. The summed E-state index contributed by atoms with van der Waals surface area (Å²) in [6.45, 7) is 5.42. The van der Waals surface area contributed by atoms with Gasteiger partial charge in [0.15, 0.2) is 0 Å². The van der Waals surface area contributed by atoms with E-state index in [1.807, 2.05) is 36.9 Å². The van der Waals surface area contributed by atoms with Crippen molar-refractivity contribution in [2.24, 2.45) is 11.8 Å². The summed E-state index contributed by atoms with van der Waals surface area (Å²) in [6, 6.07) is 5.49. The molecule has 6 heteroatoms. The van der Waals surface area contributed by atoms with Gasteiger partial charge in [0.2, 0.25) is 11.8 Å². The third-order valence-electron chi connectivity index (χ3n) is 6.65. The highest BCUT2D eigenvalue weighted by molar-refractivity contribution is 6.32. The van der Waals surface area contributed by atoms with Crippen LogP contribution in [-0.2, 0) is 9.59 Å². The Morgan fingerprint density at radius 2 is 1.83 bits per heavy atom. The average molecular weight is 435 g/mol. The second-order valence-electron chi connectivity index (χ2n) is 9.14. The van der Waals surface area contributed by atoms with Crippen molar-refractivity contribution >= 4 is 23.4 Å². The van der Waals surface area contributed by atoms with Gasteiger partial charge in [0.1, 0.15) is 11.8 Å². The van der Waals surface area contributed by atoms with E-state index in [1.54, 1.807) is 7.11 Å². The van der Waals surface area contributed by atoms with Crippen molar-refractivity contribution < 1.29 is 14.3 Å². The fourth-order valence-corrected chi connectivity index (χ4v) is 4.98. The number of nitrogens with zero attached hydrogens (tertiary/aromatic N) is 1. The number of amides is 2. The Balaban J connectivity index is 1.56. The van der Waals surface area contributed by atoms with Crippen molar-refractivity contribution in [3.63, 3.8) is 0 Å². The maximum atomic E-state index is 13.2. The molecule has 30 heavy (non-hydrogen) atoms. The molecule has 1 aromatic carbocycles. The number of nitrogens with one attached hydrogen (secondary N) is 1. The van der Waals surface area contributed by atoms with Gasteiger partial charge in [0.05, 0.1) is 12.1 Å². The zero-order valence-electron chi connectivity index (χ0n) is 18.5. The molecular weight excluding hydrogens is 400 g/mol. The molecule has 1 aromatic rings. The van der Waals surface area contributed by atoms with Gasteiger partial charge in [-0.05, 0) is 61.1 Å². The maximum Gasteiger partial charge on any atom is 0.245 e. The number of methoxy groups -OCH3 is 1. The van der Waals surface area contributed by atoms with Gasteiger partial charge in [-0.25, -0.2) is 0 Å². The SMILES string of the molecule is COc1cc(C2CCN(C(=O)[C@H](NC(=O)CC3CCCC3)C(C)C)CC2)ccc1Cl. The fourth-order valence-electron chi connectivity index (χ4n) is 4.78. The summed E-state index contributed by atoms with van der Waals surface area (Å²) in [5.74, 6) is 1.71. The van der Waals surface area contributed by atoms with Crippen molar-refractivity contribution in [1.82, 2.24) is 10.2 Å². The van der Waals surface area contributed by atoms with Crippen LogP contribution in [0.2, 0.25) is 5.02 Å². The van der Waals surface area contributed by atoms with E-state index in [2.05, 4.69) is 5.32 Å². The highest BCUT2D eigenvalue weighted by atomic mass is 35.5. The van der Waals surface area contributed by atoms with E-state index >= 15 is 0 Å². The summed E-state index contributed by atoms with van der Waals surface area (Å²) in [5.41, 5.74) is 1.20. The molecule has 1 heterocycles. The molecule has 0 radical (unpaired) electrons. The number of hydrogen-bond acceptors (Lipinski definition) is 3. The molecule has 1 N–H and O–H groups in total. The van der Waals surface area contributed by atoms with Gasteiger partial charge >= 0.3 is 0 Å². The number of hydrogen-bond donors (Lipinski definition) is 1. The van der Waals surface area contributed by atoms with Gasteiger partial charge in [-0.3, -0.25) is 9.59 Å². The van der Waals surface area contributed by atoms with Crippen LogP contribution in [0.4, 0.5) is 0 Å². The molecule has 1 aliphatic heterocycles. The summed E-state index contributed by atoms with van der Waals surface area (Å²) < 4.78 is 5.34. The molecule has 0 aromatic heterocycles. The molecule has 0 spiro atoms. The normalized spacial score (nSPS) is 19.2. The van der Waals surface area contributed by atoms with Gasteiger partial charge in [0, 0.05) is 19.5 Å². The molecular formula is C24H35ClN2O3. The van der Waals surface area contributed by atoms with Gasteiger partial charge in [-0.2, -0.15) is 0 Å². The number of carbonyl (C=O) groups is 2. The number of benzene rings is 1.